The lowest BCUT2D eigenvalue weighted by Gasteiger charge is -2.31. The summed E-state index contributed by atoms with van der Waals surface area (Å²) < 4.78 is 0. The third-order valence-electron chi connectivity index (χ3n) is 4.14. The minimum Gasteiger partial charge on any atom is -0.381 e. The Labute approximate surface area is 136 Å². The highest BCUT2D eigenvalue weighted by Crippen LogP contribution is 2.21. The van der Waals surface area contributed by atoms with Gasteiger partial charge < -0.3 is 10.2 Å². The zero-order valence-corrected chi connectivity index (χ0v) is 13.6. The second-order valence-electron chi connectivity index (χ2n) is 5.92. The third-order valence-corrected chi connectivity index (χ3v) is 4.35. The van der Waals surface area contributed by atoms with Crippen molar-refractivity contribution in [2.75, 3.05) is 23.3 Å². The number of anilines is 2. The topological polar surface area (TPSA) is 41.0 Å². The van der Waals surface area contributed by atoms with E-state index in [1.165, 1.54) is 12.8 Å². The lowest BCUT2D eigenvalue weighted by atomic mass is 9.99. The quantitative estimate of drug-likeness (QED) is 0.866. The molecule has 0 spiro atoms. The number of hydrogen-bond acceptors (Lipinski definition) is 4. The predicted octanol–water partition coefficient (Wildman–Crippen LogP) is 3.98. The molecule has 2 aromatic rings. The minimum atomic E-state index is 0.498. The first kappa shape index (κ1) is 15.1. The van der Waals surface area contributed by atoms with Crippen LogP contribution in [0.5, 0.6) is 0 Å². The smallest absolute Gasteiger partial charge is 0.131 e. The summed E-state index contributed by atoms with van der Waals surface area (Å²) in [6.45, 7) is 5.28. The molecule has 0 unspecified atom stereocenters. The molecule has 1 aliphatic heterocycles. The van der Waals surface area contributed by atoms with Crippen LogP contribution in [-0.4, -0.2) is 23.1 Å². The number of aromatic nitrogens is 2. The Balaban J connectivity index is 1.57. The number of hydrogen-bond donors (Lipinski definition) is 1. The number of rotatable bonds is 4. The van der Waals surface area contributed by atoms with Gasteiger partial charge >= 0.3 is 0 Å². The van der Waals surface area contributed by atoms with Gasteiger partial charge in [-0.1, -0.05) is 24.6 Å². The number of pyridine rings is 2. The van der Waals surface area contributed by atoms with Crippen LogP contribution in [0.25, 0.3) is 0 Å². The van der Waals surface area contributed by atoms with Gasteiger partial charge in [-0.15, -0.1) is 0 Å². The van der Waals surface area contributed by atoms with Gasteiger partial charge in [-0.05, 0) is 42.5 Å². The van der Waals surface area contributed by atoms with Gasteiger partial charge in [0.1, 0.15) is 11.0 Å². The maximum absolute atomic E-state index is 5.87. The van der Waals surface area contributed by atoms with Crippen molar-refractivity contribution in [1.29, 1.82) is 0 Å². The highest BCUT2D eigenvalue weighted by atomic mass is 35.5. The monoisotopic (exact) mass is 316 g/mol. The van der Waals surface area contributed by atoms with Crippen LogP contribution in [0, 0.1) is 5.92 Å². The standard InChI is InChI=1S/C17H21ClN4/c1-13-5-8-22(9-6-13)17-3-2-14(12-21-17)11-20-15-4-7-19-16(18)10-15/h2-4,7,10,12-13H,5-6,8-9,11H2,1H3,(H,19,20). The average molecular weight is 317 g/mol. The molecule has 1 saturated heterocycles. The van der Waals surface area contributed by atoms with E-state index in [0.29, 0.717) is 5.15 Å². The van der Waals surface area contributed by atoms with Gasteiger partial charge in [-0.25, -0.2) is 9.97 Å². The van der Waals surface area contributed by atoms with E-state index in [0.717, 1.165) is 42.6 Å². The maximum atomic E-state index is 5.87. The second kappa shape index (κ2) is 6.97. The lowest BCUT2D eigenvalue weighted by molar-refractivity contribution is 0.436. The summed E-state index contributed by atoms with van der Waals surface area (Å²) >= 11 is 5.87. The van der Waals surface area contributed by atoms with Crippen molar-refractivity contribution in [1.82, 2.24) is 9.97 Å². The van der Waals surface area contributed by atoms with Gasteiger partial charge in [-0.2, -0.15) is 0 Å². The molecule has 2 aromatic heterocycles. The molecule has 1 fully saturated rings. The Morgan fingerprint density at radius 3 is 2.73 bits per heavy atom. The predicted molar refractivity (Wildman–Crippen MR) is 91.4 cm³/mol. The molecule has 0 aliphatic carbocycles. The Morgan fingerprint density at radius 2 is 2.05 bits per heavy atom. The van der Waals surface area contributed by atoms with E-state index < -0.39 is 0 Å². The number of nitrogens with one attached hydrogen (secondary N) is 1. The SMILES string of the molecule is CC1CCN(c2ccc(CNc3ccnc(Cl)c3)cn2)CC1. The van der Waals surface area contributed by atoms with Crippen molar-refractivity contribution in [3.63, 3.8) is 0 Å². The molecule has 0 saturated carbocycles. The van der Waals surface area contributed by atoms with Crippen molar-refractivity contribution in [2.45, 2.75) is 26.3 Å². The van der Waals surface area contributed by atoms with E-state index >= 15 is 0 Å². The molecular weight excluding hydrogens is 296 g/mol. The fourth-order valence-corrected chi connectivity index (χ4v) is 2.84. The summed E-state index contributed by atoms with van der Waals surface area (Å²) in [5.41, 5.74) is 2.12. The largest absolute Gasteiger partial charge is 0.381 e. The number of nitrogens with zero attached hydrogens (tertiary/aromatic N) is 3. The van der Waals surface area contributed by atoms with Crippen LogP contribution in [0.15, 0.2) is 36.7 Å². The van der Waals surface area contributed by atoms with Crippen molar-refractivity contribution >= 4 is 23.1 Å². The Kier molecular flexibility index (Phi) is 4.78. The first-order valence-corrected chi connectivity index (χ1v) is 8.14. The van der Waals surface area contributed by atoms with Crippen LogP contribution >= 0.6 is 11.6 Å². The minimum absolute atomic E-state index is 0.498. The molecule has 0 radical (unpaired) electrons. The Bertz CT molecular complexity index is 606. The number of piperidine rings is 1. The average Bonchev–Trinajstić information content (AvgIpc) is 2.54. The third kappa shape index (κ3) is 3.89. The molecule has 3 heterocycles. The van der Waals surface area contributed by atoms with Crippen molar-refractivity contribution < 1.29 is 0 Å². The highest BCUT2D eigenvalue weighted by molar-refractivity contribution is 6.29. The van der Waals surface area contributed by atoms with E-state index in [4.69, 9.17) is 11.6 Å². The molecule has 116 valence electrons. The fourth-order valence-electron chi connectivity index (χ4n) is 2.66. The van der Waals surface area contributed by atoms with Gasteiger partial charge in [0, 0.05) is 37.7 Å². The van der Waals surface area contributed by atoms with Gasteiger partial charge in [0.2, 0.25) is 0 Å². The zero-order chi connectivity index (χ0) is 15.4. The van der Waals surface area contributed by atoms with E-state index in [1.807, 2.05) is 18.3 Å². The molecule has 1 N–H and O–H groups in total. The lowest BCUT2D eigenvalue weighted by Crippen LogP contribution is -2.33. The summed E-state index contributed by atoms with van der Waals surface area (Å²) in [6, 6.07) is 7.98. The molecule has 4 nitrogen and oxygen atoms in total. The first-order valence-electron chi connectivity index (χ1n) is 7.76. The Hall–Kier alpha value is -1.81. The van der Waals surface area contributed by atoms with Crippen molar-refractivity contribution in [2.24, 2.45) is 5.92 Å². The zero-order valence-electron chi connectivity index (χ0n) is 12.8. The molecule has 5 heteroatoms. The summed E-state index contributed by atoms with van der Waals surface area (Å²) in [7, 11) is 0. The first-order chi connectivity index (χ1) is 10.7. The molecule has 3 rings (SSSR count). The normalized spacial score (nSPS) is 15.8. The summed E-state index contributed by atoms with van der Waals surface area (Å²) in [6.07, 6.45) is 6.16. The summed E-state index contributed by atoms with van der Waals surface area (Å²) in [5.74, 6) is 1.93. The maximum Gasteiger partial charge on any atom is 0.131 e. The molecule has 0 atom stereocenters. The molecule has 22 heavy (non-hydrogen) atoms. The van der Waals surface area contributed by atoms with Crippen molar-refractivity contribution in [3.8, 4) is 0 Å². The highest BCUT2D eigenvalue weighted by Gasteiger charge is 2.16. The molecule has 1 aliphatic rings. The van der Waals surface area contributed by atoms with Gasteiger partial charge in [0.15, 0.2) is 0 Å². The summed E-state index contributed by atoms with van der Waals surface area (Å²) in [4.78, 5) is 11.0. The van der Waals surface area contributed by atoms with E-state index in [-0.39, 0.29) is 0 Å². The fraction of sp³-hybridized carbons (Fsp3) is 0.412. The molecule has 0 bridgehead atoms. The van der Waals surface area contributed by atoms with Crippen LogP contribution in [0.3, 0.4) is 0 Å². The molecule has 0 aromatic carbocycles. The van der Waals surface area contributed by atoms with Crippen LogP contribution < -0.4 is 10.2 Å². The van der Waals surface area contributed by atoms with Gasteiger partial charge in [0.05, 0.1) is 0 Å². The van der Waals surface area contributed by atoms with E-state index in [1.54, 1.807) is 6.20 Å². The van der Waals surface area contributed by atoms with Crippen LogP contribution in [0.1, 0.15) is 25.3 Å². The Morgan fingerprint density at radius 1 is 1.23 bits per heavy atom. The second-order valence-corrected chi connectivity index (χ2v) is 6.30. The van der Waals surface area contributed by atoms with E-state index in [9.17, 15) is 0 Å². The van der Waals surface area contributed by atoms with Gasteiger partial charge in [-0.3, -0.25) is 0 Å². The molecule has 0 amide bonds. The van der Waals surface area contributed by atoms with Crippen LogP contribution in [0.2, 0.25) is 5.15 Å². The van der Waals surface area contributed by atoms with Gasteiger partial charge in [0.25, 0.3) is 0 Å². The number of halogens is 1. The summed E-state index contributed by atoms with van der Waals surface area (Å²) in [5, 5.41) is 3.83. The van der Waals surface area contributed by atoms with Crippen LogP contribution in [0.4, 0.5) is 11.5 Å². The van der Waals surface area contributed by atoms with Crippen molar-refractivity contribution in [3.05, 3.63) is 47.4 Å². The van der Waals surface area contributed by atoms with Crippen LogP contribution in [-0.2, 0) is 6.54 Å². The molecular formula is C17H21ClN4. The van der Waals surface area contributed by atoms with E-state index in [2.05, 4.69) is 39.2 Å².